The molecule has 1 aliphatic rings. The highest BCUT2D eigenvalue weighted by atomic mass is 32.2. The molecule has 0 saturated carbocycles. The predicted molar refractivity (Wildman–Crippen MR) is 255 cm³/mol. The number of ketones is 1. The molecule has 0 aliphatic carbocycles. The molecule has 0 aromatic rings. The number of aliphatic hydroxyl groups is 1. The Morgan fingerprint density at radius 1 is 0.933 bits per heavy atom. The quantitative estimate of drug-likeness (QED) is 0.0339. The third kappa shape index (κ3) is 20.6. The van der Waals surface area contributed by atoms with Crippen molar-refractivity contribution in [3.8, 4) is 0 Å². The summed E-state index contributed by atoms with van der Waals surface area (Å²) in [7, 11) is 1.98. The highest BCUT2D eigenvalue weighted by Crippen LogP contribution is 2.34. The van der Waals surface area contributed by atoms with Gasteiger partial charge in [-0.25, -0.2) is 4.79 Å². The fraction of sp³-hybridized carbons (Fsp3) is 0.755. The van der Waals surface area contributed by atoms with Gasteiger partial charge in [0.1, 0.15) is 6.04 Å². The van der Waals surface area contributed by atoms with Crippen LogP contribution in [0.4, 0.5) is 0 Å². The van der Waals surface area contributed by atoms with Gasteiger partial charge in [0.25, 0.3) is 0 Å². The van der Waals surface area contributed by atoms with Gasteiger partial charge in [-0.3, -0.25) is 24.1 Å². The highest BCUT2D eigenvalue weighted by molar-refractivity contribution is 7.99. The minimum Gasteiger partial charge on any atom is -0.500 e. The topological polar surface area (TPSA) is 136 Å². The maximum atomic E-state index is 13.4. The lowest BCUT2D eigenvalue weighted by atomic mass is 9.77. The number of Topliss-reactive ketones (excluding diaryl/α,β-unsaturated/α-hetero) is 1. The number of hydrogen-bond acceptors (Lipinski definition) is 8. The molecular formula is C49H88N4O6S. The van der Waals surface area contributed by atoms with Crippen molar-refractivity contribution in [1.82, 2.24) is 20.4 Å². The van der Waals surface area contributed by atoms with Gasteiger partial charge >= 0.3 is 0 Å². The number of hydrogen-bond donors (Lipinski definition) is 3. The zero-order valence-corrected chi connectivity index (χ0v) is 41.4. The van der Waals surface area contributed by atoms with E-state index < -0.39 is 23.8 Å². The minimum absolute atomic E-state index is 0.00766. The van der Waals surface area contributed by atoms with Crippen molar-refractivity contribution in [3.63, 3.8) is 0 Å². The zero-order chi connectivity index (χ0) is 46.7. The maximum absolute atomic E-state index is 13.4. The van der Waals surface area contributed by atoms with Crippen LogP contribution in [0, 0.1) is 41.4 Å². The summed E-state index contributed by atoms with van der Waals surface area (Å²) < 4.78 is 0. The summed E-state index contributed by atoms with van der Waals surface area (Å²) >= 11 is 1.87. The maximum Gasteiger partial charge on any atom is 0.238 e. The Labute approximate surface area is 371 Å². The second-order valence-corrected chi connectivity index (χ2v) is 18.5. The second-order valence-electron chi connectivity index (χ2n) is 17.1. The van der Waals surface area contributed by atoms with E-state index in [0.29, 0.717) is 24.2 Å². The van der Waals surface area contributed by atoms with E-state index in [1.165, 1.54) is 12.9 Å². The molecule has 3 unspecified atom stereocenters. The van der Waals surface area contributed by atoms with Crippen molar-refractivity contribution in [3.05, 3.63) is 42.7 Å². The molecule has 346 valence electrons. The van der Waals surface area contributed by atoms with Gasteiger partial charge in [0, 0.05) is 43.6 Å². The molecule has 0 aromatic heterocycles. The third-order valence-electron chi connectivity index (χ3n) is 12.0. The molecule has 1 fully saturated rings. The van der Waals surface area contributed by atoms with Crippen LogP contribution in [0.1, 0.15) is 142 Å². The van der Waals surface area contributed by atoms with Crippen molar-refractivity contribution in [1.29, 1.82) is 0 Å². The number of amides is 3. The summed E-state index contributed by atoms with van der Waals surface area (Å²) in [6.07, 6.45) is 10.8. The fourth-order valence-corrected chi connectivity index (χ4v) is 8.91. The van der Waals surface area contributed by atoms with Crippen molar-refractivity contribution in [2.24, 2.45) is 41.4 Å². The SMILES string of the molecule is C=C/C=C(\C=C)C[C@H](NC(=O)[C@H](C)C(C)[C@@H]1CCCN1C(=O)CC(C)[C@@H](CCC)[C@@H](C)CC)C(O)=C=O.CC.CCSCCN(C)C(C(=O)N[C@H](C(C)=O)C(C)C)C(C)C. The Kier molecular flexibility index (Phi) is 32.0. The Hall–Kier alpha value is -3.14. The molecule has 0 bridgehead atoms. The number of rotatable bonds is 26. The number of aliphatic hydroxyl groups excluding tert-OH is 1. The predicted octanol–water partition coefficient (Wildman–Crippen LogP) is 9.64. The van der Waals surface area contributed by atoms with E-state index >= 15 is 0 Å². The van der Waals surface area contributed by atoms with Gasteiger partial charge in [-0.2, -0.15) is 11.8 Å². The van der Waals surface area contributed by atoms with Crippen LogP contribution in [0.5, 0.6) is 0 Å². The van der Waals surface area contributed by atoms with E-state index in [2.05, 4.69) is 63.3 Å². The summed E-state index contributed by atoms with van der Waals surface area (Å²) in [5, 5.41) is 15.8. The van der Waals surface area contributed by atoms with Crippen LogP contribution >= 0.6 is 11.8 Å². The zero-order valence-electron chi connectivity index (χ0n) is 40.6. The molecular weight excluding hydrogens is 773 g/mol. The molecule has 1 heterocycles. The van der Waals surface area contributed by atoms with E-state index in [4.69, 9.17) is 0 Å². The summed E-state index contributed by atoms with van der Waals surface area (Å²) in [5.74, 6) is 4.22. The molecule has 3 amide bonds. The number of carbonyl (C=O) groups excluding carboxylic acids is 5. The first-order chi connectivity index (χ1) is 28.3. The number of nitrogens with one attached hydrogen (secondary N) is 2. The van der Waals surface area contributed by atoms with Crippen LogP contribution in [-0.4, -0.2) is 100 Å². The van der Waals surface area contributed by atoms with Crippen LogP contribution in [0.25, 0.3) is 0 Å². The lowest BCUT2D eigenvalue weighted by Crippen LogP contribution is -2.54. The molecule has 3 N–H and O–H groups in total. The van der Waals surface area contributed by atoms with E-state index in [1.54, 1.807) is 18.2 Å². The van der Waals surface area contributed by atoms with Gasteiger partial charge in [0.15, 0.2) is 17.5 Å². The molecule has 10 nitrogen and oxygen atoms in total. The van der Waals surface area contributed by atoms with Crippen molar-refractivity contribution in [2.45, 2.75) is 166 Å². The number of thioether (sulfide) groups is 1. The molecule has 60 heavy (non-hydrogen) atoms. The minimum atomic E-state index is -0.901. The van der Waals surface area contributed by atoms with Crippen LogP contribution in [0.3, 0.4) is 0 Å². The van der Waals surface area contributed by atoms with Crippen LogP contribution < -0.4 is 10.6 Å². The smallest absolute Gasteiger partial charge is 0.238 e. The molecule has 1 aliphatic heterocycles. The fourth-order valence-electron chi connectivity index (χ4n) is 8.21. The molecule has 11 heteroatoms. The first-order valence-corrected chi connectivity index (χ1v) is 24.0. The normalized spacial score (nSPS) is 17.9. The van der Waals surface area contributed by atoms with Gasteiger partial charge in [0.05, 0.1) is 12.1 Å². The summed E-state index contributed by atoms with van der Waals surface area (Å²) in [4.78, 5) is 66.1. The first kappa shape index (κ1) is 59.0. The van der Waals surface area contributed by atoms with Gasteiger partial charge in [-0.15, -0.1) is 0 Å². The lowest BCUT2D eigenvalue weighted by Gasteiger charge is -2.35. The Morgan fingerprint density at radius 2 is 1.55 bits per heavy atom. The first-order valence-electron chi connectivity index (χ1n) is 22.8. The average Bonchev–Trinajstić information content (AvgIpc) is 3.71. The van der Waals surface area contributed by atoms with Crippen LogP contribution in [-0.2, 0) is 24.0 Å². The van der Waals surface area contributed by atoms with Crippen LogP contribution in [0.2, 0.25) is 0 Å². The van der Waals surface area contributed by atoms with E-state index in [1.807, 2.05) is 79.1 Å². The number of allylic oxidation sites excluding steroid dienone is 3. The molecule has 0 radical (unpaired) electrons. The second kappa shape index (κ2) is 32.6. The van der Waals surface area contributed by atoms with E-state index in [-0.39, 0.29) is 59.8 Å². The number of carbonyl (C=O) groups is 4. The van der Waals surface area contributed by atoms with Crippen molar-refractivity contribution < 1.29 is 29.1 Å². The standard InChI is InChI=1S/C31H50N2O4.C16H32N2O2S.C2H6/c1-9-14-25(12-4)19-27(29(35)20-34)32-31(37)24(8)23(7)28-16-13-17-33(28)30(36)18-22(6)26(15-10-2)21(5)11-3;1-8-21-10-9-18(7)15(12(4)5)16(20)17-14(11(2)3)13(6)19;1-2/h9,12,14,21-24,26-28,35H,1,4,10-11,13,15-19H2,2-3,5-8H3,(H,32,37);11-12,14-15H,8-10H2,1-7H3,(H,17,20);1-2H3/b25-14+;;/t21-,22?,23?,24+,26-,27-,28-;14-,15?;/m00./s1. The van der Waals surface area contributed by atoms with Gasteiger partial charge < -0.3 is 20.6 Å². The van der Waals surface area contributed by atoms with Gasteiger partial charge in [-0.1, -0.05) is 141 Å². The molecule has 9 atom stereocenters. The van der Waals surface area contributed by atoms with Gasteiger partial charge in [0.2, 0.25) is 17.7 Å². The van der Waals surface area contributed by atoms with E-state index in [9.17, 15) is 29.1 Å². The number of likely N-dealkylation sites (tertiary alicyclic amines) is 1. The summed E-state index contributed by atoms with van der Waals surface area (Å²) in [6, 6.07) is -1.49. The third-order valence-corrected chi connectivity index (χ3v) is 12.9. The number of likely N-dealkylation sites (N-methyl/N-ethyl adjacent to an activating group) is 1. The van der Waals surface area contributed by atoms with Gasteiger partial charge in [-0.05, 0) is 73.6 Å². The molecule has 1 saturated heterocycles. The Bertz CT molecular complexity index is 1370. The van der Waals surface area contributed by atoms with Crippen molar-refractivity contribution >= 4 is 41.2 Å². The Morgan fingerprint density at radius 3 is 2.02 bits per heavy atom. The summed E-state index contributed by atoms with van der Waals surface area (Å²) in [6.45, 7) is 37.5. The number of nitrogens with zero attached hydrogens (tertiary/aromatic N) is 2. The lowest BCUT2D eigenvalue weighted by molar-refractivity contribution is -0.136. The molecule has 1 rings (SSSR count). The average molecular weight is 861 g/mol. The molecule has 0 aromatic carbocycles. The largest absolute Gasteiger partial charge is 0.500 e. The summed E-state index contributed by atoms with van der Waals surface area (Å²) in [5.41, 5.74) is 0.725. The monoisotopic (exact) mass is 861 g/mol. The van der Waals surface area contributed by atoms with Crippen molar-refractivity contribution in [2.75, 3.05) is 31.6 Å². The van der Waals surface area contributed by atoms with E-state index in [0.717, 1.165) is 62.3 Å². The van der Waals surface area contributed by atoms with Crippen LogP contribution in [0.15, 0.2) is 42.7 Å². The Balaban J connectivity index is 0. The molecule has 0 spiro atoms. The highest BCUT2D eigenvalue weighted by Gasteiger charge is 2.38.